The molecule has 0 aliphatic heterocycles. The molecule has 13 N–H and O–H groups in total. The second-order valence-electron chi connectivity index (χ2n) is 10.3. The number of carboxylic acids is 1. The molecule has 230 valence electrons. The van der Waals surface area contributed by atoms with Crippen molar-refractivity contribution in [2.24, 2.45) is 33.8 Å². The highest BCUT2D eigenvalue weighted by Crippen LogP contribution is 2.19. The van der Waals surface area contributed by atoms with Crippen LogP contribution in [0.2, 0.25) is 0 Å². The van der Waals surface area contributed by atoms with Crippen molar-refractivity contribution in [3.63, 3.8) is 0 Å². The van der Waals surface area contributed by atoms with E-state index in [4.69, 9.17) is 22.9 Å². The van der Waals surface area contributed by atoms with Crippen LogP contribution in [-0.2, 0) is 30.4 Å². The van der Waals surface area contributed by atoms with Crippen LogP contribution < -0.4 is 38.9 Å². The van der Waals surface area contributed by atoms with Gasteiger partial charge in [0.25, 0.3) is 0 Å². The Morgan fingerprint density at radius 1 is 0.929 bits per heavy atom. The number of primary amides is 1. The lowest BCUT2D eigenvalue weighted by molar-refractivity contribution is -0.143. The Kier molecular flexibility index (Phi) is 12.7. The maximum atomic E-state index is 13.4. The molecule has 0 spiro atoms. The second kappa shape index (κ2) is 16.0. The van der Waals surface area contributed by atoms with Gasteiger partial charge in [-0.05, 0) is 36.8 Å². The van der Waals surface area contributed by atoms with Gasteiger partial charge in [-0.3, -0.25) is 24.2 Å². The van der Waals surface area contributed by atoms with E-state index < -0.39 is 59.7 Å². The van der Waals surface area contributed by atoms with E-state index in [2.05, 4.69) is 25.9 Å². The lowest BCUT2D eigenvalue weighted by Gasteiger charge is -2.26. The number of hydrogen-bond donors (Lipinski definition) is 9. The molecule has 0 saturated heterocycles. The first-order chi connectivity index (χ1) is 19.8. The van der Waals surface area contributed by atoms with Crippen molar-refractivity contribution >= 4 is 46.5 Å². The van der Waals surface area contributed by atoms with Crippen molar-refractivity contribution in [2.75, 3.05) is 6.54 Å². The number of aliphatic carboxylic acids is 1. The fourth-order valence-corrected chi connectivity index (χ4v) is 4.25. The highest BCUT2D eigenvalue weighted by molar-refractivity contribution is 5.95. The first-order valence-electron chi connectivity index (χ1n) is 13.6. The number of H-pyrrole nitrogens is 1. The van der Waals surface area contributed by atoms with E-state index >= 15 is 0 Å². The van der Waals surface area contributed by atoms with Crippen LogP contribution in [-0.4, -0.2) is 76.4 Å². The molecule has 2 rings (SSSR count). The number of aliphatic imine (C=N–C) groups is 1. The second-order valence-corrected chi connectivity index (χ2v) is 10.3. The molecule has 1 aromatic heterocycles. The van der Waals surface area contributed by atoms with Gasteiger partial charge >= 0.3 is 5.97 Å². The average molecular weight is 588 g/mol. The van der Waals surface area contributed by atoms with Crippen LogP contribution in [0.15, 0.2) is 35.5 Å². The number of nitrogens with zero attached hydrogens (tertiary/aromatic N) is 1. The molecular weight excluding hydrogens is 546 g/mol. The molecule has 4 amide bonds. The lowest BCUT2D eigenvalue weighted by atomic mass is 10.0. The number of nitrogens with one attached hydrogen (secondary N) is 4. The summed E-state index contributed by atoms with van der Waals surface area (Å²) in [4.78, 5) is 69.8. The quantitative estimate of drug-likeness (QED) is 0.0594. The minimum Gasteiger partial charge on any atom is -0.480 e. The lowest BCUT2D eigenvalue weighted by Crippen LogP contribution is -2.58. The van der Waals surface area contributed by atoms with E-state index in [1.165, 1.54) is 0 Å². The molecule has 1 heterocycles. The van der Waals surface area contributed by atoms with Crippen LogP contribution in [0.3, 0.4) is 0 Å². The molecule has 0 saturated carbocycles. The van der Waals surface area contributed by atoms with Gasteiger partial charge in [-0.15, -0.1) is 0 Å². The third-order valence-electron chi connectivity index (χ3n) is 6.58. The molecule has 15 nitrogen and oxygen atoms in total. The number of hydrogen-bond acceptors (Lipinski definition) is 7. The molecular formula is C27H41N9O6. The summed E-state index contributed by atoms with van der Waals surface area (Å²) in [5, 5.41) is 18.1. The van der Waals surface area contributed by atoms with Crippen molar-refractivity contribution in [1.82, 2.24) is 20.9 Å². The van der Waals surface area contributed by atoms with Gasteiger partial charge < -0.3 is 49.0 Å². The van der Waals surface area contributed by atoms with Gasteiger partial charge in [0.05, 0.1) is 6.04 Å². The van der Waals surface area contributed by atoms with Crippen LogP contribution in [0.4, 0.5) is 0 Å². The highest BCUT2D eigenvalue weighted by Gasteiger charge is 2.32. The summed E-state index contributed by atoms with van der Waals surface area (Å²) in [6.07, 6.45) is 1.93. The Hall–Kier alpha value is -4.66. The molecule has 0 aliphatic carbocycles. The van der Waals surface area contributed by atoms with Crippen LogP contribution >= 0.6 is 0 Å². The summed E-state index contributed by atoms with van der Waals surface area (Å²) >= 11 is 0. The number of carbonyl (C=O) groups is 5. The SMILES string of the molecule is CC(C)C(NC(=O)C(Cc1c[nH]c2ccccc12)NC(=O)C(CCC(N)=O)NC(=O)C(N)CCCN=C(N)N)C(=O)O. The van der Waals surface area contributed by atoms with Crippen LogP contribution in [0.1, 0.15) is 45.1 Å². The summed E-state index contributed by atoms with van der Waals surface area (Å²) in [6, 6.07) is 2.66. The van der Waals surface area contributed by atoms with Gasteiger partial charge in [0, 0.05) is 36.5 Å². The van der Waals surface area contributed by atoms with Gasteiger partial charge in [-0.25, -0.2) is 4.79 Å². The number of carbonyl (C=O) groups excluding carboxylic acids is 4. The number of nitrogens with two attached hydrogens (primary N) is 4. The third kappa shape index (κ3) is 10.4. The van der Waals surface area contributed by atoms with Gasteiger partial charge in [-0.1, -0.05) is 32.0 Å². The first kappa shape index (κ1) is 33.5. The van der Waals surface area contributed by atoms with Crippen molar-refractivity contribution in [1.29, 1.82) is 0 Å². The van der Waals surface area contributed by atoms with E-state index in [-0.39, 0.29) is 38.2 Å². The Morgan fingerprint density at radius 2 is 1.57 bits per heavy atom. The number of fused-ring (bicyclic) bond motifs is 1. The van der Waals surface area contributed by atoms with Gasteiger partial charge in [0.2, 0.25) is 23.6 Å². The first-order valence-corrected chi connectivity index (χ1v) is 13.6. The molecule has 0 radical (unpaired) electrons. The van der Waals surface area contributed by atoms with Crippen molar-refractivity contribution < 1.29 is 29.1 Å². The topological polar surface area (TPSA) is 274 Å². The molecule has 4 atom stereocenters. The number of aromatic amines is 1. The monoisotopic (exact) mass is 587 g/mol. The van der Waals surface area contributed by atoms with Gasteiger partial charge in [0.15, 0.2) is 5.96 Å². The number of amides is 4. The number of rotatable bonds is 17. The van der Waals surface area contributed by atoms with E-state index in [1.54, 1.807) is 20.0 Å². The Labute approximate surface area is 243 Å². The normalized spacial score (nSPS) is 13.9. The molecule has 0 bridgehead atoms. The fourth-order valence-electron chi connectivity index (χ4n) is 4.25. The van der Waals surface area contributed by atoms with E-state index in [1.807, 2.05) is 24.3 Å². The molecule has 4 unspecified atom stereocenters. The summed E-state index contributed by atoms with van der Waals surface area (Å²) in [5.41, 5.74) is 23.3. The molecule has 0 fully saturated rings. The van der Waals surface area contributed by atoms with Crippen LogP contribution in [0.5, 0.6) is 0 Å². The average Bonchev–Trinajstić information content (AvgIpc) is 3.33. The summed E-state index contributed by atoms with van der Waals surface area (Å²) in [6.45, 7) is 3.54. The van der Waals surface area contributed by atoms with E-state index in [0.29, 0.717) is 12.0 Å². The molecule has 15 heteroatoms. The number of carboxylic acid groups (broad SMARTS) is 1. The number of aromatic nitrogens is 1. The zero-order valence-electron chi connectivity index (χ0n) is 23.8. The predicted molar refractivity (Wildman–Crippen MR) is 157 cm³/mol. The maximum Gasteiger partial charge on any atom is 0.326 e. The Balaban J connectivity index is 2.27. The highest BCUT2D eigenvalue weighted by atomic mass is 16.4. The van der Waals surface area contributed by atoms with Crippen molar-refractivity contribution in [2.45, 2.75) is 70.1 Å². The summed E-state index contributed by atoms with van der Waals surface area (Å²) in [7, 11) is 0. The molecule has 0 aliphatic rings. The Morgan fingerprint density at radius 3 is 2.19 bits per heavy atom. The summed E-state index contributed by atoms with van der Waals surface area (Å²) < 4.78 is 0. The predicted octanol–water partition coefficient (Wildman–Crippen LogP) is -1.45. The molecule has 2 aromatic rings. The van der Waals surface area contributed by atoms with Crippen LogP contribution in [0.25, 0.3) is 10.9 Å². The van der Waals surface area contributed by atoms with Crippen LogP contribution in [0, 0.1) is 5.92 Å². The minimum atomic E-state index is -1.26. The zero-order chi connectivity index (χ0) is 31.4. The van der Waals surface area contributed by atoms with Crippen molar-refractivity contribution in [3.8, 4) is 0 Å². The largest absolute Gasteiger partial charge is 0.480 e. The van der Waals surface area contributed by atoms with Gasteiger partial charge in [0.1, 0.15) is 18.1 Å². The van der Waals surface area contributed by atoms with E-state index in [0.717, 1.165) is 10.9 Å². The van der Waals surface area contributed by atoms with Crippen molar-refractivity contribution in [3.05, 3.63) is 36.0 Å². The standard InChI is InChI=1S/C27H41N9O6/c1-14(2)22(26(41)42)36-25(40)20(12-15-13-33-18-8-4-3-6-16(15)18)35-24(39)19(9-10-21(29)37)34-23(38)17(28)7-5-11-32-27(30)31/h3-4,6,8,13-14,17,19-20,22,33H,5,7,9-12,28H2,1-2H3,(H2,29,37)(H,34,38)(H,35,39)(H,36,40)(H,41,42)(H4,30,31,32). The number of guanidine groups is 1. The zero-order valence-corrected chi connectivity index (χ0v) is 23.8. The maximum absolute atomic E-state index is 13.4. The third-order valence-corrected chi connectivity index (χ3v) is 6.58. The Bertz CT molecular complexity index is 1290. The molecule has 42 heavy (non-hydrogen) atoms. The smallest absolute Gasteiger partial charge is 0.326 e. The minimum absolute atomic E-state index is 0.00676. The number of benzene rings is 1. The number of para-hydroxylation sites is 1. The molecule has 1 aromatic carbocycles. The fraction of sp³-hybridized carbons (Fsp3) is 0.481. The van der Waals surface area contributed by atoms with Gasteiger partial charge in [-0.2, -0.15) is 0 Å². The van der Waals surface area contributed by atoms with E-state index in [9.17, 15) is 29.1 Å². The summed E-state index contributed by atoms with van der Waals surface area (Å²) in [5.74, 6) is -4.61.